The Balaban J connectivity index is 2.81. The van der Waals surface area contributed by atoms with Gasteiger partial charge in [-0.3, -0.25) is 4.90 Å². The van der Waals surface area contributed by atoms with E-state index in [1.165, 1.54) is 16.7 Å². The average Bonchev–Trinajstić information content (AvgIpc) is 2.23. The van der Waals surface area contributed by atoms with Crippen molar-refractivity contribution < 1.29 is 5.11 Å². The van der Waals surface area contributed by atoms with Gasteiger partial charge in [-0.25, -0.2) is 0 Å². The number of nitrogens with zero attached hydrogens (tertiary/aromatic N) is 1. The van der Waals surface area contributed by atoms with E-state index in [1.807, 2.05) is 0 Å². The lowest BCUT2D eigenvalue weighted by atomic mass is 10.0. The van der Waals surface area contributed by atoms with Crippen molar-refractivity contribution in [2.75, 3.05) is 13.2 Å². The van der Waals surface area contributed by atoms with E-state index in [1.54, 1.807) is 0 Å². The summed E-state index contributed by atoms with van der Waals surface area (Å²) < 4.78 is 0. The molecule has 1 aromatic carbocycles. The highest BCUT2D eigenvalue weighted by Crippen LogP contribution is 2.15. The van der Waals surface area contributed by atoms with Gasteiger partial charge in [-0.1, -0.05) is 18.2 Å². The zero-order valence-electron chi connectivity index (χ0n) is 10.8. The monoisotopic (exact) mass is 221 g/mol. The fraction of sp³-hybridized carbons (Fsp3) is 0.571. The van der Waals surface area contributed by atoms with Gasteiger partial charge in [0.15, 0.2) is 0 Å². The number of hydrogen-bond donors (Lipinski definition) is 1. The Morgan fingerprint density at radius 1 is 1.25 bits per heavy atom. The van der Waals surface area contributed by atoms with E-state index in [9.17, 15) is 0 Å². The number of hydrogen-bond acceptors (Lipinski definition) is 2. The molecule has 0 bridgehead atoms. The topological polar surface area (TPSA) is 23.5 Å². The van der Waals surface area contributed by atoms with E-state index in [0.717, 1.165) is 13.1 Å². The summed E-state index contributed by atoms with van der Waals surface area (Å²) in [6.45, 7) is 10.5. The maximum Gasteiger partial charge on any atom is 0.0558 e. The second-order valence-electron chi connectivity index (χ2n) is 4.65. The molecule has 0 spiro atoms. The van der Waals surface area contributed by atoms with Gasteiger partial charge in [0.05, 0.1) is 6.61 Å². The van der Waals surface area contributed by atoms with Gasteiger partial charge in [-0.05, 0) is 44.4 Å². The number of aryl methyl sites for hydroxylation is 1. The van der Waals surface area contributed by atoms with Crippen molar-refractivity contribution in [2.45, 2.75) is 40.3 Å². The molecule has 1 rings (SSSR count). The first-order valence-electron chi connectivity index (χ1n) is 5.96. The van der Waals surface area contributed by atoms with E-state index < -0.39 is 0 Å². The van der Waals surface area contributed by atoms with Crippen LogP contribution in [0, 0.1) is 13.8 Å². The zero-order valence-corrected chi connectivity index (χ0v) is 10.8. The fourth-order valence-corrected chi connectivity index (χ4v) is 1.85. The van der Waals surface area contributed by atoms with Crippen molar-refractivity contribution in [1.29, 1.82) is 0 Å². The van der Waals surface area contributed by atoms with E-state index in [0.29, 0.717) is 6.04 Å². The zero-order chi connectivity index (χ0) is 12.1. The third-order valence-corrected chi connectivity index (χ3v) is 3.21. The molecule has 0 aliphatic rings. The second kappa shape index (κ2) is 6.02. The molecule has 0 radical (unpaired) electrons. The van der Waals surface area contributed by atoms with Gasteiger partial charge in [0, 0.05) is 19.1 Å². The van der Waals surface area contributed by atoms with Crippen LogP contribution >= 0.6 is 0 Å². The smallest absolute Gasteiger partial charge is 0.0558 e. The number of rotatable bonds is 5. The Labute approximate surface area is 98.9 Å². The third kappa shape index (κ3) is 3.32. The van der Waals surface area contributed by atoms with Crippen LogP contribution in [0.3, 0.4) is 0 Å². The van der Waals surface area contributed by atoms with Crippen LogP contribution in [0.5, 0.6) is 0 Å². The molecule has 0 aliphatic carbocycles. The summed E-state index contributed by atoms with van der Waals surface area (Å²) in [6, 6.07) is 6.89. The van der Waals surface area contributed by atoms with E-state index in [4.69, 9.17) is 5.11 Å². The van der Waals surface area contributed by atoms with Crippen molar-refractivity contribution in [3.05, 3.63) is 34.9 Å². The molecule has 0 amide bonds. The van der Waals surface area contributed by atoms with Crippen molar-refractivity contribution in [1.82, 2.24) is 4.90 Å². The van der Waals surface area contributed by atoms with Crippen LogP contribution in [0.25, 0.3) is 0 Å². The molecule has 90 valence electrons. The summed E-state index contributed by atoms with van der Waals surface area (Å²) in [5.74, 6) is 0. The van der Waals surface area contributed by atoms with Crippen molar-refractivity contribution in [2.24, 2.45) is 0 Å². The standard InChI is InChI=1S/C14H23NO/c1-11(2)15(8-9-16)10-14-7-5-6-12(3)13(14)4/h5-7,11,16H,8-10H2,1-4H3. The lowest BCUT2D eigenvalue weighted by molar-refractivity contribution is 0.159. The van der Waals surface area contributed by atoms with Crippen molar-refractivity contribution >= 4 is 0 Å². The molecule has 0 fully saturated rings. The molecule has 2 nitrogen and oxygen atoms in total. The summed E-state index contributed by atoms with van der Waals surface area (Å²) in [6.07, 6.45) is 0. The molecule has 0 saturated heterocycles. The Hall–Kier alpha value is -0.860. The van der Waals surface area contributed by atoms with Crippen LogP contribution in [-0.2, 0) is 6.54 Å². The van der Waals surface area contributed by atoms with Gasteiger partial charge in [-0.15, -0.1) is 0 Å². The van der Waals surface area contributed by atoms with Gasteiger partial charge < -0.3 is 5.11 Å². The minimum Gasteiger partial charge on any atom is -0.395 e. The van der Waals surface area contributed by atoms with Crippen LogP contribution < -0.4 is 0 Å². The molecule has 1 aromatic rings. The second-order valence-corrected chi connectivity index (χ2v) is 4.65. The van der Waals surface area contributed by atoms with Gasteiger partial charge in [0.1, 0.15) is 0 Å². The Morgan fingerprint density at radius 3 is 2.50 bits per heavy atom. The summed E-state index contributed by atoms with van der Waals surface area (Å²) in [4.78, 5) is 2.29. The predicted molar refractivity (Wildman–Crippen MR) is 68.5 cm³/mol. The highest BCUT2D eigenvalue weighted by Gasteiger charge is 2.11. The van der Waals surface area contributed by atoms with Crippen LogP contribution in [0.2, 0.25) is 0 Å². The van der Waals surface area contributed by atoms with Crippen LogP contribution in [0.15, 0.2) is 18.2 Å². The number of aliphatic hydroxyl groups is 1. The molecule has 16 heavy (non-hydrogen) atoms. The first-order valence-corrected chi connectivity index (χ1v) is 5.96. The maximum atomic E-state index is 9.05. The molecule has 0 saturated carbocycles. The molecule has 2 heteroatoms. The first-order chi connectivity index (χ1) is 7.56. The van der Waals surface area contributed by atoms with E-state index in [-0.39, 0.29) is 6.61 Å². The summed E-state index contributed by atoms with van der Waals surface area (Å²) in [5, 5.41) is 9.05. The largest absolute Gasteiger partial charge is 0.395 e. The third-order valence-electron chi connectivity index (χ3n) is 3.21. The first kappa shape index (κ1) is 13.2. The minimum absolute atomic E-state index is 0.225. The van der Waals surface area contributed by atoms with Crippen LogP contribution in [-0.4, -0.2) is 29.2 Å². The molecule has 0 heterocycles. The predicted octanol–water partition coefficient (Wildman–Crippen LogP) is 2.51. The van der Waals surface area contributed by atoms with E-state index in [2.05, 4.69) is 50.8 Å². The lowest BCUT2D eigenvalue weighted by Crippen LogP contribution is -2.33. The Bertz CT molecular complexity index is 334. The summed E-state index contributed by atoms with van der Waals surface area (Å²) in [7, 11) is 0. The number of benzene rings is 1. The van der Waals surface area contributed by atoms with Crippen LogP contribution in [0.1, 0.15) is 30.5 Å². The number of aliphatic hydroxyl groups excluding tert-OH is 1. The summed E-state index contributed by atoms with van der Waals surface area (Å²) in [5.41, 5.74) is 4.07. The molecule has 0 aromatic heterocycles. The van der Waals surface area contributed by atoms with Gasteiger partial charge in [0.25, 0.3) is 0 Å². The van der Waals surface area contributed by atoms with Crippen LogP contribution in [0.4, 0.5) is 0 Å². The molecule has 0 atom stereocenters. The van der Waals surface area contributed by atoms with E-state index >= 15 is 0 Å². The molecular formula is C14H23NO. The average molecular weight is 221 g/mol. The van der Waals surface area contributed by atoms with Crippen molar-refractivity contribution in [3.8, 4) is 0 Å². The Kier molecular flexibility index (Phi) is 4.97. The molecular weight excluding hydrogens is 198 g/mol. The highest BCUT2D eigenvalue weighted by molar-refractivity contribution is 5.33. The van der Waals surface area contributed by atoms with Gasteiger partial charge in [0.2, 0.25) is 0 Å². The molecule has 0 unspecified atom stereocenters. The fourth-order valence-electron chi connectivity index (χ4n) is 1.85. The SMILES string of the molecule is Cc1cccc(CN(CCO)C(C)C)c1C. The maximum absolute atomic E-state index is 9.05. The van der Waals surface area contributed by atoms with Gasteiger partial charge >= 0.3 is 0 Å². The van der Waals surface area contributed by atoms with Crippen molar-refractivity contribution in [3.63, 3.8) is 0 Å². The minimum atomic E-state index is 0.225. The molecule has 0 aliphatic heterocycles. The summed E-state index contributed by atoms with van der Waals surface area (Å²) >= 11 is 0. The Morgan fingerprint density at radius 2 is 1.94 bits per heavy atom. The lowest BCUT2D eigenvalue weighted by Gasteiger charge is -2.26. The van der Waals surface area contributed by atoms with Gasteiger partial charge in [-0.2, -0.15) is 0 Å². The quantitative estimate of drug-likeness (QED) is 0.826. The highest BCUT2D eigenvalue weighted by atomic mass is 16.3. The normalized spacial score (nSPS) is 11.4. The molecule has 1 N–H and O–H groups in total.